The number of allylic oxidation sites excluding steroid dienone is 2. The molecule has 0 unspecified atom stereocenters. The molecule has 0 spiro atoms. The van der Waals surface area contributed by atoms with E-state index in [1.165, 1.54) is 57.9 Å². The highest BCUT2D eigenvalue weighted by atomic mass is 14.9. The van der Waals surface area contributed by atoms with Crippen LogP contribution < -0.4 is 5.32 Å². The Morgan fingerprint density at radius 1 is 0.929 bits per heavy atom. The zero-order chi connectivity index (χ0) is 9.64. The van der Waals surface area contributed by atoms with E-state index >= 15 is 0 Å². The van der Waals surface area contributed by atoms with Gasteiger partial charge in [0.25, 0.3) is 0 Å². The van der Waals surface area contributed by atoms with Crippen LogP contribution in [0.15, 0.2) is 12.2 Å². The first kappa shape index (κ1) is 10.2. The smallest absolute Gasteiger partial charge is 0.00671 e. The Labute approximate surface area is 88.0 Å². The summed E-state index contributed by atoms with van der Waals surface area (Å²) in [6.07, 6.45) is 15.9. The highest BCUT2D eigenvalue weighted by Gasteiger charge is 2.14. The molecule has 0 atom stereocenters. The van der Waals surface area contributed by atoms with Crippen LogP contribution >= 0.6 is 0 Å². The molecule has 2 aliphatic rings. The predicted molar refractivity (Wildman–Crippen MR) is 61.4 cm³/mol. The van der Waals surface area contributed by atoms with Crippen molar-refractivity contribution in [1.82, 2.24) is 5.32 Å². The third-order valence-corrected chi connectivity index (χ3v) is 3.66. The topological polar surface area (TPSA) is 12.0 Å². The van der Waals surface area contributed by atoms with E-state index in [2.05, 4.69) is 17.5 Å². The van der Waals surface area contributed by atoms with Crippen molar-refractivity contribution in [1.29, 1.82) is 0 Å². The van der Waals surface area contributed by atoms with E-state index in [0.29, 0.717) is 0 Å². The lowest BCUT2D eigenvalue weighted by Gasteiger charge is -2.19. The molecule has 1 saturated carbocycles. The predicted octanol–water partition coefficient (Wildman–Crippen LogP) is 3.27. The average molecular weight is 193 g/mol. The molecular formula is C13H23N. The van der Waals surface area contributed by atoms with Crippen LogP contribution in [-0.2, 0) is 0 Å². The van der Waals surface area contributed by atoms with Gasteiger partial charge in [0, 0.05) is 6.04 Å². The lowest BCUT2D eigenvalue weighted by Crippen LogP contribution is -2.32. The van der Waals surface area contributed by atoms with E-state index in [4.69, 9.17) is 0 Å². The number of hydrogen-bond donors (Lipinski definition) is 1. The summed E-state index contributed by atoms with van der Waals surface area (Å²) in [6, 6.07) is 0.832. The summed E-state index contributed by atoms with van der Waals surface area (Å²) in [5.41, 5.74) is 0. The SMILES string of the molecule is C1=CCC(CNC2CCCCCC2)C1. The highest BCUT2D eigenvalue weighted by Crippen LogP contribution is 2.20. The fraction of sp³-hybridized carbons (Fsp3) is 0.846. The second kappa shape index (κ2) is 5.55. The first-order valence-corrected chi connectivity index (χ1v) is 6.33. The van der Waals surface area contributed by atoms with Crippen molar-refractivity contribution in [3.05, 3.63) is 12.2 Å². The molecule has 1 nitrogen and oxygen atoms in total. The number of nitrogens with one attached hydrogen (secondary N) is 1. The van der Waals surface area contributed by atoms with Crippen molar-refractivity contribution in [2.75, 3.05) is 6.54 Å². The van der Waals surface area contributed by atoms with E-state index in [0.717, 1.165) is 12.0 Å². The Morgan fingerprint density at radius 3 is 2.21 bits per heavy atom. The fourth-order valence-electron chi connectivity index (χ4n) is 2.66. The lowest BCUT2D eigenvalue weighted by molar-refractivity contribution is 0.408. The molecule has 1 N–H and O–H groups in total. The minimum atomic E-state index is 0.832. The van der Waals surface area contributed by atoms with Gasteiger partial charge in [-0.2, -0.15) is 0 Å². The molecule has 14 heavy (non-hydrogen) atoms. The van der Waals surface area contributed by atoms with Crippen LogP contribution in [0.1, 0.15) is 51.4 Å². The quantitative estimate of drug-likeness (QED) is 0.536. The van der Waals surface area contributed by atoms with Crippen molar-refractivity contribution >= 4 is 0 Å². The fourth-order valence-corrected chi connectivity index (χ4v) is 2.66. The van der Waals surface area contributed by atoms with Gasteiger partial charge in [0.05, 0.1) is 0 Å². The van der Waals surface area contributed by atoms with E-state index in [9.17, 15) is 0 Å². The summed E-state index contributed by atoms with van der Waals surface area (Å²) in [6.45, 7) is 1.25. The molecular weight excluding hydrogens is 170 g/mol. The third kappa shape index (κ3) is 3.13. The number of hydrogen-bond acceptors (Lipinski definition) is 1. The zero-order valence-electron chi connectivity index (χ0n) is 9.17. The summed E-state index contributed by atoms with van der Waals surface area (Å²) in [7, 11) is 0. The first-order valence-electron chi connectivity index (χ1n) is 6.33. The van der Waals surface area contributed by atoms with E-state index in [-0.39, 0.29) is 0 Å². The molecule has 0 heterocycles. The third-order valence-electron chi connectivity index (χ3n) is 3.66. The maximum absolute atomic E-state index is 3.76. The maximum atomic E-state index is 3.76. The Bertz CT molecular complexity index is 170. The molecule has 0 aromatic rings. The first-order chi connectivity index (χ1) is 6.95. The monoisotopic (exact) mass is 193 g/mol. The molecule has 0 aromatic carbocycles. The van der Waals surface area contributed by atoms with E-state index < -0.39 is 0 Å². The van der Waals surface area contributed by atoms with Gasteiger partial charge in [-0.1, -0.05) is 37.8 Å². The normalized spacial score (nSPS) is 25.4. The van der Waals surface area contributed by atoms with Crippen molar-refractivity contribution in [2.45, 2.75) is 57.4 Å². The van der Waals surface area contributed by atoms with Gasteiger partial charge >= 0.3 is 0 Å². The minimum Gasteiger partial charge on any atom is -0.314 e. The summed E-state index contributed by atoms with van der Waals surface area (Å²) in [5, 5.41) is 3.76. The molecule has 80 valence electrons. The second-order valence-corrected chi connectivity index (χ2v) is 4.91. The average Bonchev–Trinajstić information content (AvgIpc) is 2.58. The summed E-state index contributed by atoms with van der Waals surface area (Å²) in [5.74, 6) is 0.901. The zero-order valence-corrected chi connectivity index (χ0v) is 9.17. The van der Waals surface area contributed by atoms with Crippen molar-refractivity contribution in [3.8, 4) is 0 Å². The van der Waals surface area contributed by atoms with Gasteiger partial charge in [0.1, 0.15) is 0 Å². The van der Waals surface area contributed by atoms with Gasteiger partial charge in [-0.15, -0.1) is 0 Å². The van der Waals surface area contributed by atoms with Crippen LogP contribution in [0.2, 0.25) is 0 Å². The molecule has 0 radical (unpaired) electrons. The van der Waals surface area contributed by atoms with Crippen LogP contribution in [-0.4, -0.2) is 12.6 Å². The van der Waals surface area contributed by atoms with Crippen LogP contribution in [0.25, 0.3) is 0 Å². The van der Waals surface area contributed by atoms with Crippen LogP contribution in [0.3, 0.4) is 0 Å². The molecule has 0 aliphatic heterocycles. The molecule has 2 rings (SSSR count). The molecule has 0 aromatic heterocycles. The van der Waals surface area contributed by atoms with E-state index in [1.54, 1.807) is 0 Å². The summed E-state index contributed by atoms with van der Waals surface area (Å²) >= 11 is 0. The van der Waals surface area contributed by atoms with Crippen LogP contribution in [0.4, 0.5) is 0 Å². The minimum absolute atomic E-state index is 0.832. The van der Waals surface area contributed by atoms with Gasteiger partial charge in [0.2, 0.25) is 0 Å². The molecule has 0 bridgehead atoms. The van der Waals surface area contributed by atoms with Gasteiger partial charge in [-0.05, 0) is 38.1 Å². The van der Waals surface area contributed by atoms with Crippen molar-refractivity contribution in [2.24, 2.45) is 5.92 Å². The van der Waals surface area contributed by atoms with Crippen LogP contribution in [0.5, 0.6) is 0 Å². The summed E-state index contributed by atoms with van der Waals surface area (Å²) in [4.78, 5) is 0. The second-order valence-electron chi connectivity index (χ2n) is 4.91. The number of rotatable bonds is 3. The van der Waals surface area contributed by atoms with Gasteiger partial charge in [-0.3, -0.25) is 0 Å². The molecule has 1 heteroatoms. The van der Waals surface area contributed by atoms with Gasteiger partial charge in [0.15, 0.2) is 0 Å². The van der Waals surface area contributed by atoms with Gasteiger partial charge in [-0.25, -0.2) is 0 Å². The molecule has 1 fully saturated rings. The standard InChI is InChI=1S/C13H23N/c1-2-4-10-13(9-3-1)14-11-12-7-5-6-8-12/h5-6,12-14H,1-4,7-11H2. The highest BCUT2D eigenvalue weighted by molar-refractivity contribution is 4.95. The molecule has 2 aliphatic carbocycles. The van der Waals surface area contributed by atoms with E-state index in [1.807, 2.05) is 0 Å². The van der Waals surface area contributed by atoms with Crippen LogP contribution in [0, 0.1) is 5.92 Å². The molecule has 0 saturated heterocycles. The van der Waals surface area contributed by atoms with Crippen molar-refractivity contribution in [3.63, 3.8) is 0 Å². The Hall–Kier alpha value is -0.300. The Kier molecular flexibility index (Phi) is 4.05. The van der Waals surface area contributed by atoms with Gasteiger partial charge < -0.3 is 5.32 Å². The Morgan fingerprint density at radius 2 is 1.57 bits per heavy atom. The molecule has 0 amide bonds. The largest absolute Gasteiger partial charge is 0.314 e. The maximum Gasteiger partial charge on any atom is 0.00671 e. The van der Waals surface area contributed by atoms with Crippen molar-refractivity contribution < 1.29 is 0 Å². The lowest BCUT2D eigenvalue weighted by atomic mass is 10.1. The Balaban J connectivity index is 1.63. The summed E-state index contributed by atoms with van der Waals surface area (Å²) < 4.78 is 0.